The Balaban J connectivity index is 2.22. The Morgan fingerprint density at radius 2 is 2.14 bits per heavy atom. The first-order valence-electron chi connectivity index (χ1n) is 5.18. The van der Waals surface area contributed by atoms with Gasteiger partial charge < -0.3 is 15.9 Å². The van der Waals surface area contributed by atoms with Crippen molar-refractivity contribution in [2.75, 3.05) is 0 Å². The fourth-order valence-corrected chi connectivity index (χ4v) is 3.13. The number of carboxylic acids is 1. The van der Waals surface area contributed by atoms with Crippen molar-refractivity contribution >= 4 is 5.97 Å². The van der Waals surface area contributed by atoms with Gasteiger partial charge in [-0.3, -0.25) is 4.79 Å². The minimum absolute atomic E-state index is 0.214. The molecule has 2 aliphatic rings. The van der Waals surface area contributed by atoms with Gasteiger partial charge in [-0.15, -0.1) is 0 Å². The summed E-state index contributed by atoms with van der Waals surface area (Å²) in [7, 11) is 0. The molecule has 0 aliphatic heterocycles. The summed E-state index contributed by atoms with van der Waals surface area (Å²) in [5.41, 5.74) is 3.81. The maximum absolute atomic E-state index is 11.0. The molecule has 0 amide bonds. The van der Waals surface area contributed by atoms with Gasteiger partial charge in [0.05, 0.1) is 5.60 Å². The minimum Gasteiger partial charge on any atom is -0.480 e. The van der Waals surface area contributed by atoms with Crippen LogP contribution in [0.1, 0.15) is 38.5 Å². The van der Waals surface area contributed by atoms with Crippen LogP contribution in [-0.2, 0) is 4.79 Å². The van der Waals surface area contributed by atoms with Crippen LogP contribution in [0.5, 0.6) is 0 Å². The van der Waals surface area contributed by atoms with E-state index in [0.29, 0.717) is 18.8 Å². The van der Waals surface area contributed by atoms with Crippen LogP contribution in [-0.4, -0.2) is 27.3 Å². The Morgan fingerprint density at radius 3 is 2.71 bits per heavy atom. The van der Waals surface area contributed by atoms with E-state index >= 15 is 0 Å². The zero-order chi connectivity index (χ0) is 10.4. The largest absolute Gasteiger partial charge is 0.480 e. The molecule has 80 valence electrons. The summed E-state index contributed by atoms with van der Waals surface area (Å²) >= 11 is 0. The fraction of sp³-hybridized carbons (Fsp3) is 0.900. The molecule has 4 nitrogen and oxygen atoms in total. The smallest absolute Gasteiger partial charge is 0.323 e. The first kappa shape index (κ1) is 9.93. The maximum atomic E-state index is 11.0. The van der Waals surface area contributed by atoms with Crippen LogP contribution in [0.3, 0.4) is 0 Å². The molecule has 14 heavy (non-hydrogen) atoms. The van der Waals surface area contributed by atoms with Crippen LogP contribution in [0.4, 0.5) is 0 Å². The molecule has 2 saturated carbocycles. The second-order valence-electron chi connectivity index (χ2n) is 5.03. The molecular formula is C10H17NO3. The van der Waals surface area contributed by atoms with Gasteiger partial charge in [0, 0.05) is 6.42 Å². The highest BCUT2D eigenvalue weighted by Crippen LogP contribution is 2.46. The van der Waals surface area contributed by atoms with Gasteiger partial charge >= 0.3 is 5.97 Å². The first-order valence-corrected chi connectivity index (χ1v) is 5.18. The van der Waals surface area contributed by atoms with Crippen molar-refractivity contribution < 1.29 is 15.0 Å². The van der Waals surface area contributed by atoms with E-state index in [0.717, 1.165) is 19.3 Å². The van der Waals surface area contributed by atoms with Gasteiger partial charge in [0.2, 0.25) is 0 Å². The number of carbonyl (C=O) groups is 1. The molecule has 2 bridgehead atoms. The monoisotopic (exact) mass is 199 g/mol. The van der Waals surface area contributed by atoms with Crippen LogP contribution in [0.2, 0.25) is 0 Å². The third kappa shape index (κ3) is 1.53. The Hall–Kier alpha value is -0.610. The van der Waals surface area contributed by atoms with Gasteiger partial charge in [-0.1, -0.05) is 12.8 Å². The van der Waals surface area contributed by atoms with Crippen molar-refractivity contribution in [1.82, 2.24) is 0 Å². The number of hydrogen-bond acceptors (Lipinski definition) is 3. The number of nitrogens with two attached hydrogens (primary N) is 1. The van der Waals surface area contributed by atoms with Gasteiger partial charge in [-0.25, -0.2) is 0 Å². The number of hydrogen-bond donors (Lipinski definition) is 3. The summed E-state index contributed by atoms with van der Waals surface area (Å²) in [6.07, 6.45) is 4.18. The van der Waals surface area contributed by atoms with E-state index in [-0.39, 0.29) is 6.42 Å². The molecule has 0 aromatic heterocycles. The summed E-state index contributed by atoms with van der Waals surface area (Å²) < 4.78 is 0. The maximum Gasteiger partial charge on any atom is 0.323 e. The molecule has 0 heterocycles. The van der Waals surface area contributed by atoms with Gasteiger partial charge in [-0.05, 0) is 25.2 Å². The lowest BCUT2D eigenvalue weighted by molar-refractivity contribution is -0.154. The van der Waals surface area contributed by atoms with E-state index in [1.165, 1.54) is 0 Å². The minimum atomic E-state index is -1.20. The first-order chi connectivity index (χ1) is 6.44. The molecule has 0 unspecified atom stereocenters. The number of carboxylic acid groups (broad SMARTS) is 1. The molecule has 4 heteroatoms. The van der Waals surface area contributed by atoms with E-state index < -0.39 is 17.1 Å². The van der Waals surface area contributed by atoms with Crippen LogP contribution < -0.4 is 5.73 Å². The average Bonchev–Trinajstić information content (AvgIpc) is 2.00. The Bertz CT molecular complexity index is 268. The highest BCUT2D eigenvalue weighted by Gasteiger charge is 2.51. The lowest BCUT2D eigenvalue weighted by Gasteiger charge is -2.47. The van der Waals surface area contributed by atoms with E-state index in [4.69, 9.17) is 10.8 Å². The molecule has 0 spiro atoms. The van der Waals surface area contributed by atoms with Crippen LogP contribution in [0.15, 0.2) is 0 Å². The van der Waals surface area contributed by atoms with Crippen molar-refractivity contribution in [3.8, 4) is 0 Å². The normalized spacial score (nSPS) is 47.4. The zero-order valence-electron chi connectivity index (χ0n) is 8.20. The standard InChI is InChI=1S/C10H17NO3/c11-10(8(12)13)5-7-2-1-3-9(14,4-7)6-10/h7,14H,1-6,11H2,(H,12,13)/t7-,9+,10+/m0/s1. The number of fused-ring (bicyclic) bond motifs is 2. The van der Waals surface area contributed by atoms with Crippen LogP contribution in [0.25, 0.3) is 0 Å². The second-order valence-corrected chi connectivity index (χ2v) is 5.03. The lowest BCUT2D eigenvalue weighted by Crippen LogP contribution is -2.59. The average molecular weight is 199 g/mol. The fourth-order valence-electron chi connectivity index (χ4n) is 3.13. The van der Waals surface area contributed by atoms with Crippen molar-refractivity contribution in [2.45, 2.75) is 49.7 Å². The molecule has 2 fully saturated rings. The molecule has 4 N–H and O–H groups in total. The molecular weight excluding hydrogens is 182 g/mol. The van der Waals surface area contributed by atoms with E-state index in [1.54, 1.807) is 0 Å². The summed E-state index contributed by atoms with van der Waals surface area (Å²) in [6, 6.07) is 0. The van der Waals surface area contributed by atoms with Gasteiger partial charge in [0.15, 0.2) is 0 Å². The van der Waals surface area contributed by atoms with Crippen molar-refractivity contribution in [3.63, 3.8) is 0 Å². The third-order valence-corrected chi connectivity index (χ3v) is 3.65. The topological polar surface area (TPSA) is 83.6 Å². The number of aliphatic hydroxyl groups is 1. The van der Waals surface area contributed by atoms with Gasteiger partial charge in [-0.2, -0.15) is 0 Å². The summed E-state index contributed by atoms with van der Waals surface area (Å²) in [4.78, 5) is 11.0. The zero-order valence-corrected chi connectivity index (χ0v) is 8.20. The van der Waals surface area contributed by atoms with Crippen LogP contribution >= 0.6 is 0 Å². The third-order valence-electron chi connectivity index (χ3n) is 3.65. The predicted molar refractivity (Wildman–Crippen MR) is 50.7 cm³/mol. The molecule has 2 aliphatic carbocycles. The lowest BCUT2D eigenvalue weighted by atomic mass is 9.62. The molecule has 0 radical (unpaired) electrons. The molecule has 0 saturated heterocycles. The van der Waals surface area contributed by atoms with Crippen LogP contribution in [0, 0.1) is 5.92 Å². The predicted octanol–water partition coefficient (Wildman–Crippen LogP) is 0.484. The molecule has 3 atom stereocenters. The Morgan fingerprint density at radius 1 is 1.43 bits per heavy atom. The van der Waals surface area contributed by atoms with Crippen molar-refractivity contribution in [3.05, 3.63) is 0 Å². The summed E-state index contributed by atoms with van der Waals surface area (Å²) in [5.74, 6) is -0.675. The van der Waals surface area contributed by atoms with Crippen molar-refractivity contribution in [2.24, 2.45) is 11.7 Å². The van der Waals surface area contributed by atoms with Crippen molar-refractivity contribution in [1.29, 1.82) is 0 Å². The highest BCUT2D eigenvalue weighted by molar-refractivity contribution is 5.78. The van der Waals surface area contributed by atoms with E-state index in [1.807, 2.05) is 0 Å². The van der Waals surface area contributed by atoms with E-state index in [9.17, 15) is 9.90 Å². The highest BCUT2D eigenvalue weighted by atomic mass is 16.4. The molecule has 2 rings (SSSR count). The molecule has 0 aromatic rings. The van der Waals surface area contributed by atoms with E-state index in [2.05, 4.69) is 0 Å². The number of rotatable bonds is 1. The SMILES string of the molecule is N[C@]1(C(=O)O)C[C@H]2CCC[C@@](O)(C2)C1. The quantitative estimate of drug-likeness (QED) is 0.573. The summed E-state index contributed by atoms with van der Waals surface area (Å²) in [5, 5.41) is 19.2. The Kier molecular flexibility index (Phi) is 2.08. The number of aliphatic carboxylic acids is 1. The second kappa shape index (κ2) is 2.94. The Labute approximate surface area is 83.1 Å². The van der Waals surface area contributed by atoms with Gasteiger partial charge in [0.1, 0.15) is 5.54 Å². The molecule has 0 aromatic carbocycles. The summed E-state index contributed by atoms with van der Waals surface area (Å²) in [6.45, 7) is 0. The van der Waals surface area contributed by atoms with Gasteiger partial charge in [0.25, 0.3) is 0 Å².